The molecule has 0 saturated carbocycles. The minimum Gasteiger partial charge on any atom is -0.481 e. The van der Waals surface area contributed by atoms with Crippen LogP contribution in [-0.4, -0.2) is 46.5 Å². The number of carbonyl (C=O) groups excluding carboxylic acids is 1. The van der Waals surface area contributed by atoms with Crippen molar-refractivity contribution in [2.75, 3.05) is 19.8 Å². The zero-order chi connectivity index (χ0) is 19.3. The lowest BCUT2D eigenvalue weighted by atomic mass is 9.80. The summed E-state index contributed by atoms with van der Waals surface area (Å²) < 4.78 is 6.44. The van der Waals surface area contributed by atoms with Crippen LogP contribution in [0.15, 0.2) is 47.3 Å². The van der Waals surface area contributed by atoms with Gasteiger partial charge in [0.05, 0.1) is 12.0 Å². The molecule has 1 aliphatic heterocycles. The summed E-state index contributed by atoms with van der Waals surface area (Å²) >= 11 is 0. The van der Waals surface area contributed by atoms with Gasteiger partial charge in [0.2, 0.25) is 0 Å². The van der Waals surface area contributed by atoms with Gasteiger partial charge in [0.25, 0.3) is 11.5 Å². The third-order valence-electron chi connectivity index (χ3n) is 4.77. The zero-order valence-corrected chi connectivity index (χ0v) is 14.8. The van der Waals surface area contributed by atoms with Crippen LogP contribution in [0.3, 0.4) is 0 Å². The van der Waals surface area contributed by atoms with E-state index in [0.29, 0.717) is 26.1 Å². The van der Waals surface area contributed by atoms with Gasteiger partial charge in [-0.1, -0.05) is 30.3 Å². The fourth-order valence-electron chi connectivity index (χ4n) is 3.01. The van der Waals surface area contributed by atoms with Gasteiger partial charge in [0, 0.05) is 25.8 Å². The first kappa shape index (κ1) is 18.8. The molecule has 142 valence electrons. The quantitative estimate of drug-likeness (QED) is 0.781. The molecule has 2 N–H and O–H groups in total. The Morgan fingerprint density at radius 2 is 1.85 bits per heavy atom. The van der Waals surface area contributed by atoms with E-state index < -0.39 is 17.3 Å². The number of nitrogens with one attached hydrogen (secondary N) is 1. The molecule has 0 bridgehead atoms. The fourth-order valence-corrected chi connectivity index (χ4v) is 3.01. The van der Waals surface area contributed by atoms with Gasteiger partial charge in [0.15, 0.2) is 0 Å². The van der Waals surface area contributed by atoms with Gasteiger partial charge in [-0.2, -0.15) is 5.10 Å². The van der Waals surface area contributed by atoms with Crippen LogP contribution in [0.5, 0.6) is 0 Å². The first-order valence-electron chi connectivity index (χ1n) is 8.72. The Morgan fingerprint density at radius 1 is 1.15 bits per heavy atom. The van der Waals surface area contributed by atoms with E-state index in [1.165, 1.54) is 16.8 Å². The molecule has 1 aromatic carbocycles. The predicted molar refractivity (Wildman–Crippen MR) is 96.5 cm³/mol. The summed E-state index contributed by atoms with van der Waals surface area (Å²) in [4.78, 5) is 36.1. The van der Waals surface area contributed by atoms with Gasteiger partial charge in [-0.15, -0.1) is 0 Å². The number of hydrogen-bond donors (Lipinski definition) is 2. The van der Waals surface area contributed by atoms with Crippen LogP contribution in [-0.2, 0) is 16.1 Å². The molecule has 1 aliphatic rings. The molecule has 2 heterocycles. The second kappa shape index (κ2) is 8.13. The molecule has 1 aromatic heterocycles. The smallest absolute Gasteiger partial charge is 0.311 e. The Morgan fingerprint density at radius 3 is 2.52 bits per heavy atom. The normalized spacial score (nSPS) is 15.9. The number of amides is 1. The van der Waals surface area contributed by atoms with Crippen LogP contribution in [0.1, 0.15) is 28.9 Å². The minimum atomic E-state index is -1.04. The molecule has 2 aromatic rings. The average molecular weight is 371 g/mol. The monoisotopic (exact) mass is 371 g/mol. The fraction of sp³-hybridized carbons (Fsp3) is 0.368. The number of rotatable bonds is 6. The van der Waals surface area contributed by atoms with Crippen molar-refractivity contribution in [1.82, 2.24) is 15.1 Å². The summed E-state index contributed by atoms with van der Waals surface area (Å²) in [5, 5.41) is 16.3. The summed E-state index contributed by atoms with van der Waals surface area (Å²) in [5.74, 6) is -1.46. The lowest BCUT2D eigenvalue weighted by Crippen LogP contribution is -2.46. The van der Waals surface area contributed by atoms with Gasteiger partial charge in [0.1, 0.15) is 5.69 Å². The largest absolute Gasteiger partial charge is 0.481 e. The van der Waals surface area contributed by atoms with E-state index >= 15 is 0 Å². The van der Waals surface area contributed by atoms with Crippen molar-refractivity contribution in [1.29, 1.82) is 0 Å². The number of nitrogens with zero attached hydrogens (tertiary/aromatic N) is 2. The Labute approximate surface area is 155 Å². The third-order valence-corrected chi connectivity index (χ3v) is 4.77. The molecular formula is C19H21N3O5. The molecule has 0 spiro atoms. The number of carboxylic acid groups (broad SMARTS) is 1. The lowest BCUT2D eigenvalue weighted by molar-refractivity contribution is -0.154. The number of aliphatic carboxylic acids is 1. The van der Waals surface area contributed by atoms with Crippen molar-refractivity contribution < 1.29 is 19.4 Å². The number of benzene rings is 1. The highest BCUT2D eigenvalue weighted by Gasteiger charge is 2.40. The summed E-state index contributed by atoms with van der Waals surface area (Å²) in [6.07, 6.45) is 0.674. The Bertz CT molecular complexity index is 872. The topological polar surface area (TPSA) is 111 Å². The Kier molecular flexibility index (Phi) is 5.66. The van der Waals surface area contributed by atoms with Crippen molar-refractivity contribution in [3.63, 3.8) is 0 Å². The molecule has 8 heteroatoms. The number of carbonyl (C=O) groups is 2. The van der Waals surface area contributed by atoms with Crippen LogP contribution in [0.2, 0.25) is 0 Å². The third kappa shape index (κ3) is 4.40. The second-order valence-electron chi connectivity index (χ2n) is 6.58. The van der Waals surface area contributed by atoms with Gasteiger partial charge >= 0.3 is 5.97 Å². The molecule has 27 heavy (non-hydrogen) atoms. The van der Waals surface area contributed by atoms with E-state index in [-0.39, 0.29) is 24.3 Å². The first-order valence-corrected chi connectivity index (χ1v) is 8.72. The number of ether oxygens (including phenoxy) is 1. The highest BCUT2D eigenvalue weighted by molar-refractivity contribution is 5.92. The maximum absolute atomic E-state index is 12.5. The van der Waals surface area contributed by atoms with Gasteiger partial charge in [-0.05, 0) is 24.5 Å². The highest BCUT2D eigenvalue weighted by atomic mass is 16.5. The van der Waals surface area contributed by atoms with Gasteiger partial charge in [-0.3, -0.25) is 14.4 Å². The van der Waals surface area contributed by atoms with Crippen molar-refractivity contribution in [3.8, 4) is 0 Å². The molecule has 0 aliphatic carbocycles. The molecular weight excluding hydrogens is 350 g/mol. The second-order valence-corrected chi connectivity index (χ2v) is 6.58. The minimum absolute atomic E-state index is 0.00990. The number of carboxylic acids is 1. The van der Waals surface area contributed by atoms with Crippen molar-refractivity contribution in [2.45, 2.75) is 19.4 Å². The SMILES string of the molecule is O=C(NCC1(C(=O)O)CCOCC1)c1ccc(=O)n(Cc2ccccc2)n1. The van der Waals surface area contributed by atoms with Crippen molar-refractivity contribution in [3.05, 3.63) is 64.1 Å². The molecule has 0 atom stereocenters. The molecule has 0 radical (unpaired) electrons. The summed E-state index contributed by atoms with van der Waals surface area (Å²) in [7, 11) is 0. The molecule has 1 amide bonds. The van der Waals surface area contributed by atoms with E-state index in [9.17, 15) is 19.5 Å². The maximum Gasteiger partial charge on any atom is 0.311 e. The molecule has 8 nitrogen and oxygen atoms in total. The molecule has 1 saturated heterocycles. The van der Waals surface area contributed by atoms with E-state index in [2.05, 4.69) is 10.4 Å². The van der Waals surface area contributed by atoms with Gasteiger partial charge < -0.3 is 15.2 Å². The Hall–Kier alpha value is -3.00. The first-order chi connectivity index (χ1) is 13.0. The summed E-state index contributed by atoms with van der Waals surface area (Å²) in [5.41, 5.74) is -0.400. The highest BCUT2D eigenvalue weighted by Crippen LogP contribution is 2.30. The van der Waals surface area contributed by atoms with Crippen LogP contribution in [0.25, 0.3) is 0 Å². The number of aromatic nitrogens is 2. The van der Waals surface area contributed by atoms with Crippen molar-refractivity contribution in [2.24, 2.45) is 5.41 Å². The van der Waals surface area contributed by atoms with Crippen LogP contribution in [0.4, 0.5) is 0 Å². The average Bonchev–Trinajstić information content (AvgIpc) is 2.69. The predicted octanol–water partition coefficient (Wildman–Crippen LogP) is 0.903. The maximum atomic E-state index is 12.5. The molecule has 0 unspecified atom stereocenters. The summed E-state index contributed by atoms with van der Waals surface area (Å²) in [6, 6.07) is 11.9. The lowest BCUT2D eigenvalue weighted by Gasteiger charge is -2.33. The number of hydrogen-bond acceptors (Lipinski definition) is 5. The van der Waals surface area contributed by atoms with E-state index in [1.807, 2.05) is 30.3 Å². The Balaban J connectivity index is 1.72. The van der Waals surface area contributed by atoms with Gasteiger partial charge in [-0.25, -0.2) is 4.68 Å². The molecule has 1 fully saturated rings. The van der Waals surface area contributed by atoms with E-state index in [0.717, 1.165) is 5.56 Å². The standard InChI is InChI=1S/C19H21N3O5/c23-16-7-6-15(21-22(16)12-14-4-2-1-3-5-14)17(24)20-13-19(18(25)26)8-10-27-11-9-19/h1-7H,8-13H2,(H,20,24)(H,25,26). The zero-order valence-electron chi connectivity index (χ0n) is 14.8. The van der Waals surface area contributed by atoms with E-state index in [4.69, 9.17) is 4.74 Å². The summed E-state index contributed by atoms with van der Waals surface area (Å²) in [6.45, 7) is 0.936. The molecule has 3 rings (SSSR count). The van der Waals surface area contributed by atoms with Crippen molar-refractivity contribution >= 4 is 11.9 Å². The van der Waals surface area contributed by atoms with Crippen LogP contribution >= 0.6 is 0 Å². The van der Waals surface area contributed by atoms with Crippen LogP contribution < -0.4 is 10.9 Å². The van der Waals surface area contributed by atoms with E-state index in [1.54, 1.807) is 0 Å². The van der Waals surface area contributed by atoms with Crippen LogP contribution in [0, 0.1) is 5.41 Å².